The fourth-order valence-corrected chi connectivity index (χ4v) is 16.3. The van der Waals surface area contributed by atoms with Gasteiger partial charge < -0.3 is 28.8 Å². The SMILES string of the molecule is CC1CC(NC(=O)NC2CCC(N=NC3CC4C(CCCC4S(=O)(=O)[O-])C(S(=O)(=O)[O-])C3)C(C)C2)CCC1N=NC1CC2C(CCCC2S(=O)(=O)[O-])C(S(=O)(=O)[O-])C1.[Na+].[Na+].[Na+].[Na+]. The van der Waals surface area contributed by atoms with Crippen molar-refractivity contribution in [3.05, 3.63) is 0 Å². The van der Waals surface area contributed by atoms with Crippen molar-refractivity contribution in [3.63, 3.8) is 0 Å². The molecular formula is C35H56N6Na4O13S4. The van der Waals surface area contributed by atoms with Crippen LogP contribution in [-0.4, -0.2) is 115 Å². The average Bonchev–Trinajstić information content (AvgIpc) is 3.11. The second-order valence-electron chi connectivity index (χ2n) is 18.1. The molecule has 27 heteroatoms. The third-order valence-electron chi connectivity index (χ3n) is 14.3. The van der Waals surface area contributed by atoms with Gasteiger partial charge in [-0.2, -0.15) is 20.5 Å². The molecule has 2 amide bonds. The van der Waals surface area contributed by atoms with Crippen molar-refractivity contribution in [2.24, 2.45) is 56.0 Å². The maximum Gasteiger partial charge on any atom is 1.00 e. The van der Waals surface area contributed by atoms with Gasteiger partial charge in [0.25, 0.3) is 0 Å². The Bertz CT molecular complexity index is 1880. The molecule has 16 unspecified atom stereocenters. The van der Waals surface area contributed by atoms with Crippen molar-refractivity contribution in [1.82, 2.24) is 10.6 Å². The summed E-state index contributed by atoms with van der Waals surface area (Å²) in [5.74, 6) is -2.93. The van der Waals surface area contributed by atoms with Crippen LogP contribution in [0.25, 0.3) is 0 Å². The number of rotatable bonds is 10. The summed E-state index contributed by atoms with van der Waals surface area (Å²) in [6, 6.07) is -2.46. The van der Waals surface area contributed by atoms with Crippen LogP contribution in [0.15, 0.2) is 20.5 Å². The molecule has 0 radical (unpaired) electrons. The van der Waals surface area contributed by atoms with Crippen LogP contribution in [0.2, 0.25) is 0 Å². The van der Waals surface area contributed by atoms with E-state index in [2.05, 4.69) is 31.1 Å². The summed E-state index contributed by atoms with van der Waals surface area (Å²) in [6.45, 7) is 3.95. The van der Waals surface area contributed by atoms with Crippen LogP contribution in [0, 0.1) is 35.5 Å². The molecular weight excluding hydrogens is 933 g/mol. The van der Waals surface area contributed by atoms with E-state index in [9.17, 15) is 56.7 Å². The molecule has 6 aliphatic rings. The first-order valence-electron chi connectivity index (χ1n) is 20.6. The maximum absolute atomic E-state index is 13.1. The fourth-order valence-electron chi connectivity index (χ4n) is 11.5. The van der Waals surface area contributed by atoms with Crippen LogP contribution < -0.4 is 129 Å². The predicted molar refractivity (Wildman–Crippen MR) is 204 cm³/mol. The predicted octanol–water partition coefficient (Wildman–Crippen LogP) is -8.87. The van der Waals surface area contributed by atoms with E-state index < -0.39 is 97.2 Å². The standard InChI is InChI=1S/C35H60N6O13S4.4Na/c1-19-13-21(9-11-29(19)40-38-23-15-27-25(33(17-23)57(49,50)51)5-3-7-31(27)55(43,44)45)36-35(42)37-22-10-12-30(20(2)14-22)41-39-24-16-28-26(34(18-24)58(52,53)54)6-4-8-32(28)56(46,47)48;;;;/h19-34H,3-18H2,1-2H3,(H2,36,37,42)(H,43,44,45)(H,46,47,48)(H,49,50,51)(H,52,53,54);;;;/q;4*+1/p-4. The van der Waals surface area contributed by atoms with E-state index in [0.717, 1.165) is 0 Å². The number of fused-ring (bicyclic) bond motifs is 2. The molecule has 0 bridgehead atoms. The summed E-state index contributed by atoms with van der Waals surface area (Å²) < 4.78 is 146. The third-order valence-corrected chi connectivity index (χ3v) is 19.5. The molecule has 2 N–H and O–H groups in total. The molecule has 62 heavy (non-hydrogen) atoms. The summed E-state index contributed by atoms with van der Waals surface area (Å²) >= 11 is 0. The molecule has 332 valence electrons. The second-order valence-corrected chi connectivity index (χ2v) is 24.4. The average molecular weight is 989 g/mol. The molecule has 0 aliphatic heterocycles. The van der Waals surface area contributed by atoms with Crippen LogP contribution in [0.4, 0.5) is 4.79 Å². The molecule has 0 saturated heterocycles. The molecule has 6 rings (SSSR count). The Morgan fingerprint density at radius 2 is 0.774 bits per heavy atom. The summed E-state index contributed by atoms with van der Waals surface area (Å²) in [6.07, 6.45) is 5.53. The number of nitrogens with one attached hydrogen (secondary N) is 2. The smallest absolute Gasteiger partial charge is 0.748 e. The molecule has 0 aromatic carbocycles. The first kappa shape index (κ1) is 60.2. The number of azo groups is 2. The minimum Gasteiger partial charge on any atom is -0.748 e. The van der Waals surface area contributed by atoms with Crippen LogP contribution >= 0.6 is 0 Å². The van der Waals surface area contributed by atoms with Gasteiger partial charge in [0.2, 0.25) is 0 Å². The van der Waals surface area contributed by atoms with Crippen molar-refractivity contribution >= 4 is 46.5 Å². The van der Waals surface area contributed by atoms with Gasteiger partial charge in [-0.05, 0) is 125 Å². The van der Waals surface area contributed by atoms with Gasteiger partial charge in [0.15, 0.2) is 0 Å². The Morgan fingerprint density at radius 3 is 1.08 bits per heavy atom. The normalized spacial score (nSPS) is 39.3. The molecule has 0 spiro atoms. The zero-order valence-corrected chi connectivity index (χ0v) is 48.0. The molecule has 0 aromatic heterocycles. The van der Waals surface area contributed by atoms with Gasteiger partial charge in [-0.15, -0.1) is 0 Å². The Hall–Kier alpha value is 2.11. The number of carbonyl (C=O) groups is 1. The van der Waals surface area contributed by atoms with E-state index in [0.29, 0.717) is 64.2 Å². The van der Waals surface area contributed by atoms with Crippen molar-refractivity contribution in [2.45, 2.75) is 174 Å². The molecule has 0 aromatic rings. The topological polar surface area (TPSA) is 319 Å². The van der Waals surface area contributed by atoms with Crippen LogP contribution in [-0.2, 0) is 40.5 Å². The number of urea groups is 1. The number of nitrogens with zero attached hydrogens (tertiary/aromatic N) is 4. The van der Waals surface area contributed by atoms with Crippen molar-refractivity contribution in [2.75, 3.05) is 0 Å². The van der Waals surface area contributed by atoms with Gasteiger partial charge in [-0.1, -0.05) is 26.7 Å². The van der Waals surface area contributed by atoms with Gasteiger partial charge in [-0.3, -0.25) is 0 Å². The summed E-state index contributed by atoms with van der Waals surface area (Å²) in [7, 11) is -18.9. The third kappa shape index (κ3) is 15.6. The van der Waals surface area contributed by atoms with Gasteiger partial charge in [0.1, 0.15) is 0 Å². The number of amides is 2. The van der Waals surface area contributed by atoms with Gasteiger partial charge in [0.05, 0.1) is 85.6 Å². The van der Waals surface area contributed by atoms with Gasteiger partial charge in [-0.25, -0.2) is 38.5 Å². The summed E-state index contributed by atoms with van der Waals surface area (Å²) in [5, 5.41) is 18.8. The monoisotopic (exact) mass is 988 g/mol. The minimum atomic E-state index is -4.76. The molecule has 19 nitrogen and oxygen atoms in total. The van der Waals surface area contributed by atoms with Crippen molar-refractivity contribution < 1.29 is 175 Å². The van der Waals surface area contributed by atoms with Gasteiger partial charge in [0, 0.05) is 12.1 Å². The zero-order chi connectivity index (χ0) is 42.4. The van der Waals surface area contributed by atoms with Gasteiger partial charge >= 0.3 is 124 Å². The van der Waals surface area contributed by atoms with E-state index >= 15 is 0 Å². The zero-order valence-electron chi connectivity index (χ0n) is 36.8. The van der Waals surface area contributed by atoms with E-state index in [4.69, 9.17) is 0 Å². The number of hydrogen-bond donors (Lipinski definition) is 2. The molecule has 6 saturated carbocycles. The summed E-state index contributed by atoms with van der Waals surface area (Å²) in [4.78, 5) is 13.1. The Kier molecular flexibility index (Phi) is 24.1. The van der Waals surface area contributed by atoms with Crippen LogP contribution in [0.1, 0.15) is 117 Å². The molecule has 16 atom stereocenters. The van der Waals surface area contributed by atoms with Crippen molar-refractivity contribution in [3.8, 4) is 0 Å². The molecule has 0 heterocycles. The Balaban J connectivity index is 0.00000331. The van der Waals surface area contributed by atoms with Crippen LogP contribution in [0.5, 0.6) is 0 Å². The molecule has 6 fully saturated rings. The van der Waals surface area contributed by atoms with Crippen molar-refractivity contribution in [1.29, 1.82) is 0 Å². The number of hydrogen-bond acceptors (Lipinski definition) is 17. The largest absolute Gasteiger partial charge is 1.00 e. The van der Waals surface area contributed by atoms with E-state index in [1.165, 1.54) is 0 Å². The summed E-state index contributed by atoms with van der Waals surface area (Å²) in [5.41, 5.74) is 0. The number of carbonyl (C=O) groups excluding carboxylic acids is 1. The van der Waals surface area contributed by atoms with E-state index in [1.54, 1.807) is 0 Å². The van der Waals surface area contributed by atoms with E-state index in [1.807, 2.05) is 13.8 Å². The van der Waals surface area contributed by atoms with E-state index in [-0.39, 0.29) is 199 Å². The quantitative estimate of drug-likeness (QED) is 0.117. The second kappa shape index (κ2) is 24.8. The maximum atomic E-state index is 13.1. The Morgan fingerprint density at radius 1 is 0.435 bits per heavy atom. The first-order chi connectivity index (χ1) is 27.0. The minimum absolute atomic E-state index is 0. The Labute approximate surface area is 455 Å². The van der Waals surface area contributed by atoms with Crippen LogP contribution in [0.3, 0.4) is 0 Å². The fraction of sp³-hybridized carbons (Fsp3) is 0.971. The first-order valence-corrected chi connectivity index (χ1v) is 26.5. The molecule has 6 aliphatic carbocycles.